The first-order chi connectivity index (χ1) is 28.8. The molecule has 0 saturated heterocycles. The third kappa shape index (κ3) is 6.93. The van der Waals surface area contributed by atoms with Crippen molar-refractivity contribution in [2.75, 3.05) is 0 Å². The summed E-state index contributed by atoms with van der Waals surface area (Å²) in [6.07, 6.45) is -23.4. The average Bonchev–Trinajstić information content (AvgIpc) is 3.69. The van der Waals surface area contributed by atoms with Gasteiger partial charge in [-0.05, 0) is 96.4 Å². The lowest BCUT2D eigenvalue weighted by atomic mass is 9.75. The number of nitriles is 2. The molecule has 62 heavy (non-hydrogen) atoms. The lowest BCUT2D eigenvalue weighted by molar-refractivity contribution is -0.138. The summed E-state index contributed by atoms with van der Waals surface area (Å²) in [5.41, 5.74) is -9.00. The normalized spacial score (nSPS) is 18.3. The fraction of sp³-hybridized carbons (Fsp3) is 0.209. The van der Waals surface area contributed by atoms with Crippen LogP contribution < -0.4 is 0 Å². The molecule has 0 aliphatic heterocycles. The van der Waals surface area contributed by atoms with E-state index in [-0.39, 0.29) is 39.9 Å². The van der Waals surface area contributed by atoms with Gasteiger partial charge in [0.05, 0.1) is 79.6 Å². The SMILES string of the molecule is N#CC1CC(n2c3ccc(C(F)(F)F)cc3c3cc(C(F)(F)F)ccc32)=C(n2c3ccc(C(F)(F)F)cc3c3cc(C(F)(F)F)ccc32)C=C1C1=C(C(F)(F)F)C=CCC1C#N. The Bertz CT molecular complexity index is 2950. The molecule has 2 unspecified atom stereocenters. The van der Waals surface area contributed by atoms with Crippen molar-refractivity contribution in [2.24, 2.45) is 11.8 Å². The van der Waals surface area contributed by atoms with Crippen molar-refractivity contribution in [3.63, 3.8) is 0 Å². The van der Waals surface area contributed by atoms with E-state index in [1.54, 1.807) is 6.07 Å². The highest BCUT2D eigenvalue weighted by Gasteiger charge is 2.43. The minimum atomic E-state index is -5.12. The Balaban J connectivity index is 1.60. The van der Waals surface area contributed by atoms with Crippen molar-refractivity contribution in [1.29, 1.82) is 10.5 Å². The summed E-state index contributed by atoms with van der Waals surface area (Å²) in [4.78, 5) is 0. The molecule has 8 rings (SSSR count). The van der Waals surface area contributed by atoms with Crippen molar-refractivity contribution < 1.29 is 65.9 Å². The molecule has 0 bridgehead atoms. The van der Waals surface area contributed by atoms with Crippen LogP contribution in [-0.4, -0.2) is 15.3 Å². The zero-order valence-corrected chi connectivity index (χ0v) is 30.7. The first-order valence-corrected chi connectivity index (χ1v) is 18.0. The van der Waals surface area contributed by atoms with Crippen LogP contribution in [0.2, 0.25) is 0 Å². The Morgan fingerprint density at radius 2 is 0.855 bits per heavy atom. The molecule has 318 valence electrons. The van der Waals surface area contributed by atoms with E-state index in [1.807, 2.05) is 6.07 Å². The Kier molecular flexibility index (Phi) is 9.47. The summed E-state index contributed by atoms with van der Waals surface area (Å²) in [5, 5.41) is 19.0. The van der Waals surface area contributed by atoms with Crippen molar-refractivity contribution >= 4 is 55.0 Å². The standard InChI is InChI=1S/C43H21F15N4/c44-39(45,46)22-4-8-32-27(13-22)28-14-23(40(47,48)49)5-9-33(28)61(32)36-12-21(19-60)26(38-20(18-59)2-1-3-31(38)43(56,57)58)17-37(36)62-34-10-6-24(41(50,51)52)15-29(34)30-16-25(42(53,54)55)7-11-35(30)62/h1,3-11,13-17,20-21H,2,12H2. The van der Waals surface area contributed by atoms with Gasteiger partial charge >= 0.3 is 30.9 Å². The number of aromatic nitrogens is 2. The first kappa shape index (κ1) is 42.1. The lowest BCUT2D eigenvalue weighted by Gasteiger charge is -2.32. The maximum absolute atomic E-state index is 14.7. The summed E-state index contributed by atoms with van der Waals surface area (Å²) in [6.45, 7) is 0. The van der Waals surface area contributed by atoms with Gasteiger partial charge in [0.2, 0.25) is 0 Å². The van der Waals surface area contributed by atoms with Gasteiger partial charge in [-0.2, -0.15) is 76.4 Å². The Morgan fingerprint density at radius 3 is 1.19 bits per heavy atom. The van der Waals surface area contributed by atoms with Crippen molar-refractivity contribution in [2.45, 2.75) is 43.7 Å². The molecular formula is C43H21F15N4. The summed E-state index contributed by atoms with van der Waals surface area (Å²) in [7, 11) is 0. The van der Waals surface area contributed by atoms with E-state index in [4.69, 9.17) is 0 Å². The molecule has 0 radical (unpaired) electrons. The topological polar surface area (TPSA) is 57.4 Å². The van der Waals surface area contributed by atoms with E-state index in [0.717, 1.165) is 45.6 Å². The van der Waals surface area contributed by atoms with Crippen LogP contribution in [0.3, 0.4) is 0 Å². The number of alkyl halides is 15. The smallest absolute Gasteiger partial charge is 0.311 e. The van der Waals surface area contributed by atoms with Gasteiger partial charge in [-0.1, -0.05) is 12.2 Å². The Hall–Kier alpha value is -6.63. The molecule has 2 aromatic heterocycles. The molecule has 4 aromatic carbocycles. The largest absolute Gasteiger partial charge is 0.416 e. The Labute approximate surface area is 337 Å². The number of nitrogens with zero attached hydrogens (tertiary/aromatic N) is 4. The fourth-order valence-corrected chi connectivity index (χ4v) is 8.26. The highest BCUT2D eigenvalue weighted by Crippen LogP contribution is 2.50. The van der Waals surface area contributed by atoms with Crippen molar-refractivity contribution in [3.05, 3.63) is 130 Å². The van der Waals surface area contributed by atoms with Gasteiger partial charge in [-0.25, -0.2) is 0 Å². The maximum atomic E-state index is 14.7. The summed E-state index contributed by atoms with van der Waals surface area (Å²) in [5.74, 6) is -3.15. The van der Waals surface area contributed by atoms with Gasteiger partial charge in [0.15, 0.2) is 0 Å². The minimum absolute atomic E-state index is 0.201. The van der Waals surface area contributed by atoms with E-state index in [0.29, 0.717) is 54.6 Å². The van der Waals surface area contributed by atoms with Crippen LogP contribution in [0.1, 0.15) is 35.1 Å². The number of fused-ring (bicyclic) bond motifs is 6. The number of hydrogen-bond donors (Lipinski definition) is 0. The van der Waals surface area contributed by atoms with E-state index >= 15 is 0 Å². The molecule has 2 heterocycles. The molecule has 19 heteroatoms. The van der Waals surface area contributed by atoms with Crippen molar-refractivity contribution in [3.8, 4) is 12.1 Å². The van der Waals surface area contributed by atoms with Crippen LogP contribution in [0, 0.1) is 34.5 Å². The van der Waals surface area contributed by atoms with Crippen LogP contribution >= 0.6 is 0 Å². The Morgan fingerprint density at radius 1 is 0.484 bits per heavy atom. The number of benzene rings is 4. The van der Waals surface area contributed by atoms with Gasteiger partial charge < -0.3 is 9.13 Å². The zero-order chi connectivity index (χ0) is 45.1. The highest BCUT2D eigenvalue weighted by molar-refractivity contribution is 6.15. The molecule has 4 nitrogen and oxygen atoms in total. The molecule has 2 aliphatic rings. The molecule has 0 spiro atoms. The van der Waals surface area contributed by atoms with Crippen molar-refractivity contribution in [1.82, 2.24) is 9.13 Å². The molecule has 2 atom stereocenters. The molecule has 0 amide bonds. The van der Waals surface area contributed by atoms with E-state index in [2.05, 4.69) is 0 Å². The predicted molar refractivity (Wildman–Crippen MR) is 196 cm³/mol. The second-order valence-corrected chi connectivity index (χ2v) is 14.6. The molecule has 0 fully saturated rings. The van der Waals surface area contributed by atoms with Crippen LogP contribution in [-0.2, 0) is 24.7 Å². The van der Waals surface area contributed by atoms with Gasteiger partial charge in [-0.3, -0.25) is 0 Å². The van der Waals surface area contributed by atoms with Gasteiger partial charge in [0, 0.05) is 33.7 Å². The quantitative estimate of drug-likeness (QED) is 0.166. The van der Waals surface area contributed by atoms with Crippen LogP contribution in [0.4, 0.5) is 65.9 Å². The van der Waals surface area contributed by atoms with Gasteiger partial charge in [-0.15, -0.1) is 0 Å². The first-order valence-electron chi connectivity index (χ1n) is 18.0. The summed E-state index contributed by atoms with van der Waals surface area (Å²) < 4.78 is 216. The lowest BCUT2D eigenvalue weighted by Crippen LogP contribution is -2.24. The fourth-order valence-electron chi connectivity index (χ4n) is 8.26. The molecular weight excluding hydrogens is 857 g/mol. The summed E-state index contributed by atoms with van der Waals surface area (Å²) in [6, 6.07) is 11.9. The second-order valence-electron chi connectivity index (χ2n) is 14.6. The molecule has 2 aliphatic carbocycles. The minimum Gasteiger partial charge on any atom is -0.311 e. The van der Waals surface area contributed by atoms with E-state index in [9.17, 15) is 76.4 Å². The van der Waals surface area contributed by atoms with Crippen LogP contribution in [0.15, 0.2) is 108 Å². The molecule has 6 aromatic rings. The summed E-state index contributed by atoms with van der Waals surface area (Å²) >= 11 is 0. The molecule has 0 saturated carbocycles. The van der Waals surface area contributed by atoms with Crippen LogP contribution in [0.5, 0.6) is 0 Å². The average molecular weight is 879 g/mol. The number of hydrogen-bond acceptors (Lipinski definition) is 2. The van der Waals surface area contributed by atoms with Gasteiger partial charge in [0.25, 0.3) is 0 Å². The molecule has 0 N–H and O–H groups in total. The van der Waals surface area contributed by atoms with Gasteiger partial charge in [0.1, 0.15) is 0 Å². The predicted octanol–water partition coefficient (Wildman–Crippen LogP) is 14.2. The zero-order valence-electron chi connectivity index (χ0n) is 30.7. The third-order valence-electron chi connectivity index (χ3n) is 10.9. The maximum Gasteiger partial charge on any atom is 0.416 e. The number of allylic oxidation sites excluding steroid dienone is 8. The van der Waals surface area contributed by atoms with E-state index in [1.165, 1.54) is 0 Å². The van der Waals surface area contributed by atoms with E-state index < -0.39 is 110 Å². The highest BCUT2D eigenvalue weighted by atomic mass is 19.4. The third-order valence-corrected chi connectivity index (χ3v) is 10.9. The number of rotatable bonds is 3. The number of halogens is 15. The van der Waals surface area contributed by atoms with Crippen LogP contribution in [0.25, 0.3) is 55.0 Å². The second kappa shape index (κ2) is 13.9. The monoisotopic (exact) mass is 878 g/mol.